The van der Waals surface area contributed by atoms with E-state index in [1.165, 1.54) is 5.41 Å². The van der Waals surface area contributed by atoms with E-state index in [2.05, 4.69) is 15.9 Å². The standard InChI is InChI=1S/C9H9BrO2S/c1-6-2-3-8-7(9(6)10)4-5-13(8,11)12/h2-5,11-12H,1H3. The van der Waals surface area contributed by atoms with Gasteiger partial charge in [-0.2, -0.15) is 0 Å². The highest BCUT2D eigenvalue weighted by molar-refractivity contribution is 9.10. The molecule has 13 heavy (non-hydrogen) atoms. The number of aryl methyl sites for hydroxylation is 1. The molecule has 2 rings (SSSR count). The molecule has 4 heteroatoms. The Balaban J connectivity index is 2.71. The first-order valence-electron chi connectivity index (χ1n) is 3.78. The molecule has 0 saturated carbocycles. The Morgan fingerprint density at radius 1 is 1.31 bits per heavy atom. The SMILES string of the molecule is Cc1ccc2c(c1Br)C=CS2(O)O. The fourth-order valence-electron chi connectivity index (χ4n) is 1.34. The first kappa shape index (κ1) is 9.27. The van der Waals surface area contributed by atoms with Crippen LogP contribution in [0.25, 0.3) is 6.08 Å². The zero-order valence-electron chi connectivity index (χ0n) is 6.99. The Morgan fingerprint density at radius 3 is 2.69 bits per heavy atom. The van der Waals surface area contributed by atoms with Gasteiger partial charge in [-0.05, 0) is 40.6 Å². The van der Waals surface area contributed by atoms with E-state index in [1.807, 2.05) is 13.0 Å². The Labute approximate surface area is 86.8 Å². The number of fused-ring (bicyclic) bond motifs is 1. The summed E-state index contributed by atoms with van der Waals surface area (Å²) in [4.78, 5) is 0.616. The molecule has 70 valence electrons. The van der Waals surface area contributed by atoms with Crippen LogP contribution in [0.1, 0.15) is 11.1 Å². The number of benzene rings is 1. The fraction of sp³-hybridized carbons (Fsp3) is 0.111. The van der Waals surface area contributed by atoms with Crippen molar-refractivity contribution in [1.82, 2.24) is 0 Å². The second-order valence-electron chi connectivity index (χ2n) is 3.00. The summed E-state index contributed by atoms with van der Waals surface area (Å²) in [7, 11) is -2.66. The summed E-state index contributed by atoms with van der Waals surface area (Å²) >= 11 is 3.42. The maximum Gasteiger partial charge on any atom is 0.0714 e. The Bertz CT molecular complexity index is 399. The van der Waals surface area contributed by atoms with Crippen LogP contribution in [0, 0.1) is 6.92 Å². The fourth-order valence-corrected chi connectivity index (χ4v) is 3.18. The summed E-state index contributed by atoms with van der Waals surface area (Å²) in [5.74, 6) is 0. The van der Waals surface area contributed by atoms with Gasteiger partial charge in [-0.25, -0.2) is 0 Å². The molecule has 0 fully saturated rings. The monoisotopic (exact) mass is 260 g/mol. The van der Waals surface area contributed by atoms with Crippen LogP contribution in [0.5, 0.6) is 0 Å². The number of hydrogen-bond acceptors (Lipinski definition) is 2. The molecule has 0 unspecified atom stereocenters. The smallest absolute Gasteiger partial charge is 0.0714 e. The lowest BCUT2D eigenvalue weighted by molar-refractivity contribution is 0.500. The lowest BCUT2D eigenvalue weighted by Gasteiger charge is -2.25. The molecule has 1 aromatic carbocycles. The van der Waals surface area contributed by atoms with E-state index in [4.69, 9.17) is 0 Å². The molecular formula is C9H9BrO2S. The number of halogens is 1. The van der Waals surface area contributed by atoms with Crippen molar-refractivity contribution >= 4 is 32.6 Å². The molecule has 0 radical (unpaired) electrons. The van der Waals surface area contributed by atoms with Gasteiger partial charge < -0.3 is 0 Å². The van der Waals surface area contributed by atoms with Gasteiger partial charge in [0.2, 0.25) is 0 Å². The number of rotatable bonds is 0. The summed E-state index contributed by atoms with van der Waals surface area (Å²) in [6.07, 6.45) is 1.75. The highest BCUT2D eigenvalue weighted by atomic mass is 79.9. The van der Waals surface area contributed by atoms with Crippen LogP contribution in [0.2, 0.25) is 0 Å². The van der Waals surface area contributed by atoms with E-state index in [-0.39, 0.29) is 0 Å². The minimum absolute atomic E-state index is 0.616. The normalized spacial score (nSPS) is 20.0. The van der Waals surface area contributed by atoms with E-state index >= 15 is 0 Å². The van der Waals surface area contributed by atoms with E-state index in [9.17, 15) is 9.11 Å². The van der Waals surface area contributed by atoms with Gasteiger partial charge in [-0.3, -0.25) is 9.11 Å². The summed E-state index contributed by atoms with van der Waals surface area (Å²) < 4.78 is 20.1. The first-order valence-corrected chi connectivity index (χ1v) is 6.18. The first-order chi connectivity index (χ1) is 6.02. The highest BCUT2D eigenvalue weighted by Crippen LogP contribution is 2.57. The third-order valence-corrected chi connectivity index (χ3v) is 4.65. The Kier molecular flexibility index (Phi) is 2.03. The van der Waals surface area contributed by atoms with E-state index < -0.39 is 10.6 Å². The van der Waals surface area contributed by atoms with Gasteiger partial charge in [0, 0.05) is 15.4 Å². The van der Waals surface area contributed by atoms with Crippen LogP contribution in [0.15, 0.2) is 26.9 Å². The average molecular weight is 261 g/mol. The van der Waals surface area contributed by atoms with Gasteiger partial charge in [0.15, 0.2) is 0 Å². The van der Waals surface area contributed by atoms with E-state index in [0.717, 1.165) is 15.6 Å². The third-order valence-electron chi connectivity index (χ3n) is 2.08. The minimum atomic E-state index is -2.66. The van der Waals surface area contributed by atoms with E-state index in [1.54, 1.807) is 12.1 Å². The summed E-state index contributed by atoms with van der Waals surface area (Å²) in [6, 6.07) is 3.65. The van der Waals surface area contributed by atoms with Crippen LogP contribution < -0.4 is 0 Å². The van der Waals surface area contributed by atoms with Gasteiger partial charge in [0.25, 0.3) is 0 Å². The molecule has 0 saturated heterocycles. The van der Waals surface area contributed by atoms with Crippen molar-refractivity contribution in [2.75, 3.05) is 0 Å². The molecule has 1 heterocycles. The molecule has 1 aliphatic heterocycles. The molecule has 1 aromatic rings. The molecule has 0 spiro atoms. The average Bonchev–Trinajstić information content (AvgIpc) is 2.35. The van der Waals surface area contributed by atoms with E-state index in [0.29, 0.717) is 4.90 Å². The topological polar surface area (TPSA) is 40.5 Å². The Morgan fingerprint density at radius 2 is 2.00 bits per heavy atom. The zero-order valence-corrected chi connectivity index (χ0v) is 9.39. The van der Waals surface area contributed by atoms with Gasteiger partial charge in [-0.1, -0.05) is 6.07 Å². The van der Waals surface area contributed by atoms with Crippen LogP contribution in [0.4, 0.5) is 0 Å². The predicted octanol–water partition coefficient (Wildman–Crippen LogP) is 3.85. The second-order valence-corrected chi connectivity index (χ2v) is 5.69. The molecule has 2 N–H and O–H groups in total. The summed E-state index contributed by atoms with van der Waals surface area (Å²) in [5, 5.41) is 1.46. The molecule has 2 nitrogen and oxygen atoms in total. The molecule has 0 bridgehead atoms. The predicted molar refractivity (Wildman–Crippen MR) is 59.0 cm³/mol. The summed E-state index contributed by atoms with van der Waals surface area (Å²) in [5.41, 5.74) is 1.99. The molecule has 0 aliphatic carbocycles. The van der Waals surface area contributed by atoms with Crippen molar-refractivity contribution in [2.45, 2.75) is 11.8 Å². The maximum absolute atomic E-state index is 9.59. The largest absolute Gasteiger partial charge is 0.291 e. The quantitative estimate of drug-likeness (QED) is 0.744. The van der Waals surface area contributed by atoms with Crippen molar-refractivity contribution in [3.8, 4) is 0 Å². The number of hydrogen-bond donors (Lipinski definition) is 2. The van der Waals surface area contributed by atoms with Gasteiger partial charge in [0.05, 0.1) is 4.90 Å². The maximum atomic E-state index is 9.59. The van der Waals surface area contributed by atoms with Crippen molar-refractivity contribution in [2.24, 2.45) is 0 Å². The molecular weight excluding hydrogens is 252 g/mol. The lowest BCUT2D eigenvalue weighted by atomic mass is 10.1. The van der Waals surface area contributed by atoms with Crippen LogP contribution in [0.3, 0.4) is 0 Å². The second kappa shape index (κ2) is 2.85. The van der Waals surface area contributed by atoms with Crippen molar-refractivity contribution in [1.29, 1.82) is 0 Å². The van der Waals surface area contributed by atoms with Crippen molar-refractivity contribution < 1.29 is 9.11 Å². The highest BCUT2D eigenvalue weighted by Gasteiger charge is 2.23. The summed E-state index contributed by atoms with van der Waals surface area (Å²) in [6.45, 7) is 1.97. The zero-order chi connectivity index (χ0) is 9.64. The van der Waals surface area contributed by atoms with Crippen LogP contribution in [-0.2, 0) is 0 Å². The van der Waals surface area contributed by atoms with Crippen molar-refractivity contribution in [3.63, 3.8) is 0 Å². The van der Waals surface area contributed by atoms with Crippen molar-refractivity contribution in [3.05, 3.63) is 33.1 Å². The minimum Gasteiger partial charge on any atom is -0.291 e. The van der Waals surface area contributed by atoms with Gasteiger partial charge in [-0.15, -0.1) is 10.6 Å². The van der Waals surface area contributed by atoms with Gasteiger partial charge >= 0.3 is 0 Å². The molecule has 0 aromatic heterocycles. The van der Waals surface area contributed by atoms with Crippen LogP contribution in [-0.4, -0.2) is 9.11 Å². The molecule has 1 aliphatic rings. The third kappa shape index (κ3) is 1.34. The molecule has 0 amide bonds. The van der Waals surface area contributed by atoms with Gasteiger partial charge in [0.1, 0.15) is 0 Å². The van der Waals surface area contributed by atoms with Crippen LogP contribution >= 0.6 is 26.5 Å². The Hall–Kier alpha value is -0.290. The lowest BCUT2D eigenvalue weighted by Crippen LogP contribution is -1.92. The molecule has 0 atom stereocenters.